The molecule has 1 atom stereocenters. The lowest BCUT2D eigenvalue weighted by Crippen LogP contribution is -2.37. The highest BCUT2D eigenvalue weighted by atomic mass is 32.2. The van der Waals surface area contributed by atoms with E-state index in [2.05, 4.69) is 36.5 Å². The minimum Gasteiger partial charge on any atom is -0.480 e. The predicted molar refractivity (Wildman–Crippen MR) is 114 cm³/mol. The summed E-state index contributed by atoms with van der Waals surface area (Å²) >= 11 is 1.82. The van der Waals surface area contributed by atoms with E-state index in [4.69, 9.17) is 4.74 Å². The van der Waals surface area contributed by atoms with Crippen molar-refractivity contribution in [3.63, 3.8) is 0 Å². The van der Waals surface area contributed by atoms with Crippen LogP contribution in [0.2, 0.25) is 0 Å². The maximum absolute atomic E-state index is 12.3. The molecule has 0 radical (unpaired) electrons. The van der Waals surface area contributed by atoms with Crippen LogP contribution in [0, 0.1) is 6.92 Å². The van der Waals surface area contributed by atoms with Crippen molar-refractivity contribution in [3.05, 3.63) is 77.9 Å². The highest BCUT2D eigenvalue weighted by Crippen LogP contribution is 2.26. The molecule has 4 heteroatoms. The number of ether oxygens (including phenoxy) is 1. The van der Waals surface area contributed by atoms with Gasteiger partial charge in [-0.2, -0.15) is 11.8 Å². The van der Waals surface area contributed by atoms with Crippen LogP contribution in [0.3, 0.4) is 0 Å². The van der Waals surface area contributed by atoms with Crippen LogP contribution < -0.4 is 10.1 Å². The van der Waals surface area contributed by atoms with Gasteiger partial charge in [-0.3, -0.25) is 4.79 Å². The Morgan fingerprint density at radius 3 is 2.70 bits per heavy atom. The molecule has 1 amide bonds. The largest absolute Gasteiger partial charge is 0.480 e. The second-order valence-electron chi connectivity index (χ2n) is 6.57. The Morgan fingerprint density at radius 2 is 1.85 bits per heavy atom. The van der Waals surface area contributed by atoms with Crippen molar-refractivity contribution in [1.82, 2.24) is 5.32 Å². The Morgan fingerprint density at radius 1 is 1.07 bits per heavy atom. The molecule has 1 N–H and O–H groups in total. The average molecular weight is 380 g/mol. The van der Waals surface area contributed by atoms with E-state index in [1.807, 2.05) is 54.2 Å². The quantitative estimate of drug-likeness (QED) is 0.562. The first-order valence-corrected chi connectivity index (χ1v) is 10.3. The fourth-order valence-electron chi connectivity index (χ4n) is 2.92. The molecule has 0 saturated heterocycles. The van der Waals surface area contributed by atoms with Gasteiger partial charge in [-0.15, -0.1) is 0 Å². The molecular formula is C23H25NO2S. The van der Waals surface area contributed by atoms with Crippen molar-refractivity contribution >= 4 is 28.4 Å². The number of aryl methyl sites for hydroxylation is 1. The van der Waals surface area contributed by atoms with E-state index in [-0.39, 0.29) is 5.91 Å². The topological polar surface area (TPSA) is 38.3 Å². The third-order valence-corrected chi connectivity index (χ3v) is 5.35. The van der Waals surface area contributed by atoms with Crippen LogP contribution in [-0.2, 0) is 10.5 Å². The summed E-state index contributed by atoms with van der Waals surface area (Å²) in [5, 5.41) is 5.09. The highest BCUT2D eigenvalue weighted by molar-refractivity contribution is 7.98. The molecule has 27 heavy (non-hydrogen) atoms. The number of hydrogen-bond donors (Lipinski definition) is 1. The summed E-state index contributed by atoms with van der Waals surface area (Å²) in [6, 6.07) is 22.4. The first-order valence-electron chi connectivity index (χ1n) is 9.19. The smallest absolute Gasteiger partial charge is 0.260 e. The van der Waals surface area contributed by atoms with E-state index in [1.165, 1.54) is 11.1 Å². The van der Waals surface area contributed by atoms with Crippen molar-refractivity contribution in [2.75, 3.05) is 12.3 Å². The number of benzene rings is 3. The molecule has 3 nitrogen and oxygen atoms in total. The number of nitrogens with one attached hydrogen (secondary N) is 1. The van der Waals surface area contributed by atoms with Crippen molar-refractivity contribution < 1.29 is 9.53 Å². The van der Waals surface area contributed by atoms with Crippen LogP contribution in [0.4, 0.5) is 0 Å². The normalized spacial score (nSPS) is 11.9. The summed E-state index contributed by atoms with van der Waals surface area (Å²) in [7, 11) is 0. The summed E-state index contributed by atoms with van der Waals surface area (Å²) in [5.41, 5.74) is 2.60. The first kappa shape index (κ1) is 19.3. The van der Waals surface area contributed by atoms with Crippen molar-refractivity contribution in [1.29, 1.82) is 0 Å². The predicted octanol–water partition coefficient (Wildman–Crippen LogP) is 4.97. The van der Waals surface area contributed by atoms with Gasteiger partial charge in [0, 0.05) is 23.4 Å². The van der Waals surface area contributed by atoms with Crippen LogP contribution in [0.1, 0.15) is 18.1 Å². The zero-order chi connectivity index (χ0) is 19.1. The number of carbonyl (C=O) groups is 1. The van der Waals surface area contributed by atoms with Crippen LogP contribution in [0.15, 0.2) is 66.7 Å². The van der Waals surface area contributed by atoms with Gasteiger partial charge in [0.25, 0.3) is 5.91 Å². The van der Waals surface area contributed by atoms with Crippen LogP contribution in [0.25, 0.3) is 10.8 Å². The fourth-order valence-corrected chi connectivity index (χ4v) is 3.73. The molecule has 140 valence electrons. The van der Waals surface area contributed by atoms with Gasteiger partial charge in [-0.05, 0) is 30.9 Å². The molecule has 0 saturated carbocycles. The van der Waals surface area contributed by atoms with Gasteiger partial charge >= 0.3 is 0 Å². The Hall–Kier alpha value is -2.46. The van der Waals surface area contributed by atoms with Gasteiger partial charge in [0.15, 0.2) is 6.10 Å². The number of fused-ring (bicyclic) bond motifs is 1. The van der Waals surface area contributed by atoms with Gasteiger partial charge in [0.05, 0.1) is 0 Å². The monoisotopic (exact) mass is 379 g/mol. The molecule has 0 bridgehead atoms. The third-order valence-electron chi connectivity index (χ3n) is 4.32. The number of thioether (sulfide) groups is 1. The van der Waals surface area contributed by atoms with Gasteiger partial charge in [-0.1, -0.05) is 66.2 Å². The Labute approximate surface area is 165 Å². The van der Waals surface area contributed by atoms with Crippen molar-refractivity contribution in [2.24, 2.45) is 0 Å². The summed E-state index contributed by atoms with van der Waals surface area (Å²) in [6.45, 7) is 4.53. The number of amides is 1. The Bertz CT molecular complexity index is 904. The summed E-state index contributed by atoms with van der Waals surface area (Å²) in [5.74, 6) is 2.49. The van der Waals surface area contributed by atoms with Crippen LogP contribution in [0.5, 0.6) is 5.75 Å². The van der Waals surface area contributed by atoms with Crippen molar-refractivity contribution in [3.8, 4) is 5.75 Å². The fraction of sp³-hybridized carbons (Fsp3) is 0.261. The van der Waals surface area contributed by atoms with E-state index >= 15 is 0 Å². The van der Waals surface area contributed by atoms with Gasteiger partial charge in [-0.25, -0.2) is 0 Å². The molecule has 0 unspecified atom stereocenters. The van der Waals surface area contributed by atoms with Gasteiger partial charge < -0.3 is 10.1 Å². The summed E-state index contributed by atoms with van der Waals surface area (Å²) in [6.07, 6.45) is -0.530. The second kappa shape index (κ2) is 9.47. The third kappa shape index (κ3) is 5.51. The molecule has 0 aromatic heterocycles. The lowest BCUT2D eigenvalue weighted by atomic mass is 10.1. The molecule has 3 aromatic carbocycles. The average Bonchev–Trinajstić information content (AvgIpc) is 2.68. The van der Waals surface area contributed by atoms with E-state index in [9.17, 15) is 4.79 Å². The molecule has 0 fully saturated rings. The number of carbonyl (C=O) groups excluding carboxylic acids is 1. The molecule has 0 aliphatic rings. The zero-order valence-corrected chi connectivity index (χ0v) is 16.6. The minimum atomic E-state index is -0.530. The Kier molecular flexibility index (Phi) is 6.77. The second-order valence-corrected chi connectivity index (χ2v) is 7.68. The zero-order valence-electron chi connectivity index (χ0n) is 15.8. The van der Waals surface area contributed by atoms with Crippen LogP contribution >= 0.6 is 11.8 Å². The number of hydrogen-bond acceptors (Lipinski definition) is 3. The van der Waals surface area contributed by atoms with Crippen molar-refractivity contribution in [2.45, 2.75) is 25.7 Å². The van der Waals surface area contributed by atoms with Gasteiger partial charge in [0.2, 0.25) is 0 Å². The summed E-state index contributed by atoms with van der Waals surface area (Å²) in [4.78, 5) is 12.3. The molecule has 3 rings (SSSR count). The molecular weight excluding hydrogens is 354 g/mol. The molecule has 3 aromatic rings. The molecule has 0 heterocycles. The molecule has 0 spiro atoms. The maximum Gasteiger partial charge on any atom is 0.260 e. The minimum absolute atomic E-state index is 0.0842. The molecule has 0 aliphatic carbocycles. The van der Waals surface area contributed by atoms with E-state index in [1.54, 1.807) is 6.92 Å². The van der Waals surface area contributed by atoms with E-state index < -0.39 is 6.10 Å². The Balaban J connectivity index is 1.44. The van der Waals surface area contributed by atoms with E-state index in [0.29, 0.717) is 6.54 Å². The lowest BCUT2D eigenvalue weighted by molar-refractivity contribution is -0.127. The first-order chi connectivity index (χ1) is 13.1. The van der Waals surface area contributed by atoms with Crippen LogP contribution in [-0.4, -0.2) is 24.3 Å². The maximum atomic E-state index is 12.3. The highest BCUT2D eigenvalue weighted by Gasteiger charge is 2.15. The standard InChI is InChI=1S/C23H25NO2S/c1-17-7-5-8-19(15-17)16-27-14-13-24-23(25)18(2)26-22-12-6-10-20-9-3-4-11-21(20)22/h3-12,15,18H,13-14,16H2,1-2H3,(H,24,25)/t18-/m1/s1. The summed E-state index contributed by atoms with van der Waals surface area (Å²) < 4.78 is 5.91. The lowest BCUT2D eigenvalue weighted by Gasteiger charge is -2.16. The number of rotatable bonds is 8. The molecule has 0 aliphatic heterocycles. The van der Waals surface area contributed by atoms with Gasteiger partial charge in [0.1, 0.15) is 5.75 Å². The SMILES string of the molecule is Cc1cccc(CSCCNC(=O)[C@@H](C)Oc2cccc3ccccc23)c1. The van der Waals surface area contributed by atoms with E-state index in [0.717, 1.165) is 28.0 Å².